The van der Waals surface area contributed by atoms with Gasteiger partial charge >= 0.3 is 0 Å². The molecular weight excluding hydrogens is 250 g/mol. The number of nitrogens with zero attached hydrogens (tertiary/aromatic N) is 2. The van der Waals surface area contributed by atoms with Gasteiger partial charge in [0.15, 0.2) is 0 Å². The summed E-state index contributed by atoms with van der Waals surface area (Å²) in [5, 5.41) is 3.14. The van der Waals surface area contributed by atoms with E-state index in [1.165, 1.54) is 5.56 Å². The lowest BCUT2D eigenvalue weighted by Crippen LogP contribution is -2.22. The van der Waals surface area contributed by atoms with Crippen LogP contribution < -0.4 is 10.1 Å². The van der Waals surface area contributed by atoms with Gasteiger partial charge in [-0.05, 0) is 38.1 Å². The molecule has 20 heavy (non-hydrogen) atoms. The van der Waals surface area contributed by atoms with Crippen LogP contribution in [0.25, 0.3) is 0 Å². The third kappa shape index (κ3) is 2.65. The largest absolute Gasteiger partial charge is 0.493 e. The predicted molar refractivity (Wildman–Crippen MR) is 77.9 cm³/mol. The lowest BCUT2D eigenvalue weighted by atomic mass is 9.96. The van der Waals surface area contributed by atoms with Crippen molar-refractivity contribution in [1.82, 2.24) is 15.3 Å². The monoisotopic (exact) mass is 269 g/mol. The Balaban J connectivity index is 1.87. The van der Waals surface area contributed by atoms with Crippen molar-refractivity contribution in [3.05, 3.63) is 53.1 Å². The molecule has 2 heterocycles. The maximum absolute atomic E-state index is 5.83. The second kappa shape index (κ2) is 5.59. The fourth-order valence-corrected chi connectivity index (χ4v) is 2.61. The molecule has 4 nitrogen and oxygen atoms in total. The summed E-state index contributed by atoms with van der Waals surface area (Å²) in [5.41, 5.74) is 3.29. The lowest BCUT2D eigenvalue weighted by Gasteiger charge is -2.24. The van der Waals surface area contributed by atoms with E-state index in [9.17, 15) is 0 Å². The Labute approximate surface area is 119 Å². The molecule has 1 aliphatic heterocycles. The van der Waals surface area contributed by atoms with Gasteiger partial charge in [0.2, 0.25) is 0 Å². The third-order valence-corrected chi connectivity index (χ3v) is 3.53. The summed E-state index contributed by atoms with van der Waals surface area (Å²) in [6, 6.07) is 10.2. The second-order valence-corrected chi connectivity index (χ2v) is 5.21. The molecule has 0 spiro atoms. The molecule has 3 rings (SSSR count). The fraction of sp³-hybridized carbons (Fsp3) is 0.375. The number of aryl methyl sites for hydroxylation is 1. The average molecular weight is 269 g/mol. The zero-order valence-corrected chi connectivity index (χ0v) is 11.9. The van der Waals surface area contributed by atoms with Gasteiger partial charge in [0.25, 0.3) is 0 Å². The van der Waals surface area contributed by atoms with E-state index in [0.29, 0.717) is 6.61 Å². The van der Waals surface area contributed by atoms with Crippen molar-refractivity contribution in [2.75, 3.05) is 13.7 Å². The quantitative estimate of drug-likeness (QED) is 0.928. The van der Waals surface area contributed by atoms with Crippen molar-refractivity contribution in [1.29, 1.82) is 0 Å². The Bertz CT molecular complexity index is 612. The van der Waals surface area contributed by atoms with Crippen LogP contribution in [0, 0.1) is 6.92 Å². The highest BCUT2D eigenvalue weighted by atomic mass is 16.5. The minimum atomic E-state index is 0.236. The molecule has 1 aliphatic rings. The van der Waals surface area contributed by atoms with Gasteiger partial charge in [0.1, 0.15) is 11.6 Å². The molecule has 0 fully saturated rings. The summed E-state index contributed by atoms with van der Waals surface area (Å²) < 4.78 is 5.83. The number of aromatic nitrogens is 2. The molecule has 0 saturated carbocycles. The molecule has 1 aromatic heterocycles. The van der Waals surface area contributed by atoms with Crippen LogP contribution in [0.4, 0.5) is 0 Å². The summed E-state index contributed by atoms with van der Waals surface area (Å²) in [6.45, 7) is 3.43. The molecular formula is C16H19N3O. The topological polar surface area (TPSA) is 47.0 Å². The summed E-state index contributed by atoms with van der Waals surface area (Å²) in [4.78, 5) is 9.26. The Morgan fingerprint density at radius 2 is 2.15 bits per heavy atom. The van der Waals surface area contributed by atoms with E-state index in [0.717, 1.165) is 35.9 Å². The molecule has 104 valence electrons. The van der Waals surface area contributed by atoms with E-state index >= 15 is 0 Å². The van der Waals surface area contributed by atoms with E-state index in [1.807, 2.05) is 38.2 Å². The summed E-state index contributed by atoms with van der Waals surface area (Å²) in [7, 11) is 1.93. The Hall–Kier alpha value is -1.94. The number of nitrogens with one attached hydrogen (secondary N) is 1. The van der Waals surface area contributed by atoms with Crippen LogP contribution in [0.5, 0.6) is 5.75 Å². The average Bonchev–Trinajstić information content (AvgIpc) is 2.46. The standard InChI is InChI=1S/C16H19N3O/c1-11-7-14(9-17-2)19-16(18-11)13-8-12-5-3-4-6-15(12)20-10-13/h3-7,13,17H,8-10H2,1-2H3. The second-order valence-electron chi connectivity index (χ2n) is 5.21. The van der Waals surface area contributed by atoms with Crippen molar-refractivity contribution in [3.63, 3.8) is 0 Å². The number of ether oxygens (including phenoxy) is 1. The molecule has 4 heteroatoms. The van der Waals surface area contributed by atoms with Gasteiger partial charge in [-0.1, -0.05) is 18.2 Å². The smallest absolute Gasteiger partial charge is 0.135 e. The number of hydrogen-bond acceptors (Lipinski definition) is 4. The van der Waals surface area contributed by atoms with Crippen molar-refractivity contribution in [2.24, 2.45) is 0 Å². The third-order valence-electron chi connectivity index (χ3n) is 3.53. The Morgan fingerprint density at radius 1 is 1.30 bits per heavy atom. The minimum Gasteiger partial charge on any atom is -0.493 e. The van der Waals surface area contributed by atoms with Crippen molar-refractivity contribution >= 4 is 0 Å². The number of benzene rings is 1. The maximum Gasteiger partial charge on any atom is 0.135 e. The highest BCUT2D eigenvalue weighted by molar-refractivity contribution is 5.36. The molecule has 2 aromatic rings. The van der Waals surface area contributed by atoms with Gasteiger partial charge < -0.3 is 10.1 Å². The van der Waals surface area contributed by atoms with E-state index in [-0.39, 0.29) is 5.92 Å². The molecule has 0 aliphatic carbocycles. The highest BCUT2D eigenvalue weighted by Crippen LogP contribution is 2.30. The molecule has 0 saturated heterocycles. The summed E-state index contributed by atoms with van der Waals surface area (Å²) >= 11 is 0. The summed E-state index contributed by atoms with van der Waals surface area (Å²) in [6.07, 6.45) is 0.943. The lowest BCUT2D eigenvalue weighted by molar-refractivity contribution is 0.257. The first-order chi connectivity index (χ1) is 9.76. The van der Waals surface area contributed by atoms with Gasteiger partial charge in [0, 0.05) is 12.2 Å². The SMILES string of the molecule is CNCc1cc(C)nc(C2COc3ccccc3C2)n1. The van der Waals surface area contributed by atoms with Crippen molar-refractivity contribution in [2.45, 2.75) is 25.8 Å². The van der Waals surface area contributed by atoms with Crippen LogP contribution in [0.3, 0.4) is 0 Å². The number of hydrogen-bond donors (Lipinski definition) is 1. The normalized spacial score (nSPS) is 17.4. The Kier molecular flexibility index (Phi) is 3.65. The predicted octanol–water partition coefficient (Wildman–Crippen LogP) is 2.22. The van der Waals surface area contributed by atoms with E-state index in [4.69, 9.17) is 4.74 Å². The Morgan fingerprint density at radius 3 is 3.00 bits per heavy atom. The fourth-order valence-electron chi connectivity index (χ4n) is 2.61. The molecule has 1 N–H and O–H groups in total. The first-order valence-corrected chi connectivity index (χ1v) is 6.96. The summed E-state index contributed by atoms with van der Waals surface area (Å²) in [5.74, 6) is 2.12. The number of para-hydroxylation sites is 1. The van der Waals surface area contributed by atoms with Crippen LogP contribution in [0.1, 0.15) is 28.7 Å². The van der Waals surface area contributed by atoms with Crippen LogP contribution in [-0.4, -0.2) is 23.6 Å². The number of rotatable bonds is 3. The van der Waals surface area contributed by atoms with Gasteiger partial charge in [-0.25, -0.2) is 9.97 Å². The van der Waals surface area contributed by atoms with Gasteiger partial charge in [-0.2, -0.15) is 0 Å². The first kappa shape index (κ1) is 13.1. The molecule has 0 bridgehead atoms. The zero-order chi connectivity index (χ0) is 13.9. The molecule has 1 aromatic carbocycles. The van der Waals surface area contributed by atoms with Crippen molar-refractivity contribution in [3.8, 4) is 5.75 Å². The molecule has 1 unspecified atom stereocenters. The number of fused-ring (bicyclic) bond motifs is 1. The zero-order valence-electron chi connectivity index (χ0n) is 11.9. The van der Waals surface area contributed by atoms with Crippen LogP contribution in [0.15, 0.2) is 30.3 Å². The molecule has 1 atom stereocenters. The van der Waals surface area contributed by atoms with Crippen LogP contribution >= 0.6 is 0 Å². The molecule has 0 amide bonds. The highest BCUT2D eigenvalue weighted by Gasteiger charge is 2.23. The van der Waals surface area contributed by atoms with Gasteiger partial charge in [-0.15, -0.1) is 0 Å². The van der Waals surface area contributed by atoms with Gasteiger partial charge in [-0.3, -0.25) is 0 Å². The van der Waals surface area contributed by atoms with Gasteiger partial charge in [0.05, 0.1) is 18.2 Å². The maximum atomic E-state index is 5.83. The van der Waals surface area contributed by atoms with E-state index in [2.05, 4.69) is 21.4 Å². The molecule has 0 radical (unpaired) electrons. The minimum absolute atomic E-state index is 0.236. The van der Waals surface area contributed by atoms with E-state index in [1.54, 1.807) is 0 Å². The van der Waals surface area contributed by atoms with Crippen LogP contribution in [-0.2, 0) is 13.0 Å². The van der Waals surface area contributed by atoms with E-state index < -0.39 is 0 Å². The van der Waals surface area contributed by atoms with Crippen LogP contribution in [0.2, 0.25) is 0 Å². The first-order valence-electron chi connectivity index (χ1n) is 6.96. The van der Waals surface area contributed by atoms with Crippen molar-refractivity contribution < 1.29 is 4.74 Å².